The Morgan fingerprint density at radius 1 is 1.54 bits per heavy atom. The molecule has 2 nitrogen and oxygen atoms in total. The van der Waals surface area contributed by atoms with Crippen LogP contribution in [0.3, 0.4) is 0 Å². The Bertz CT molecular complexity index is 333. The van der Waals surface area contributed by atoms with Crippen molar-refractivity contribution in [1.82, 2.24) is 0 Å². The molecule has 1 rings (SSSR count). The van der Waals surface area contributed by atoms with Crippen LogP contribution in [0.5, 0.6) is 0 Å². The van der Waals surface area contributed by atoms with Gasteiger partial charge in [0.15, 0.2) is 0 Å². The summed E-state index contributed by atoms with van der Waals surface area (Å²) in [7, 11) is 0. The third-order valence-corrected chi connectivity index (χ3v) is 3.64. The lowest BCUT2D eigenvalue weighted by Crippen LogP contribution is -2.02. The molecule has 0 amide bonds. The quantitative estimate of drug-likeness (QED) is 0.738. The number of hydrogen-bond acceptors (Lipinski definition) is 3. The van der Waals surface area contributed by atoms with Crippen molar-refractivity contribution < 1.29 is 9.53 Å². The van der Waals surface area contributed by atoms with E-state index in [1.54, 1.807) is 13.8 Å². The van der Waals surface area contributed by atoms with Crippen LogP contribution in [0.15, 0.2) is 0 Å². The van der Waals surface area contributed by atoms with Gasteiger partial charge in [-0.05, 0) is 19.4 Å². The van der Waals surface area contributed by atoms with E-state index in [0.717, 1.165) is 16.9 Å². The van der Waals surface area contributed by atoms with E-state index in [1.165, 1.54) is 0 Å². The number of carbonyl (C=O) groups is 1. The molecule has 0 unspecified atom stereocenters. The van der Waals surface area contributed by atoms with E-state index >= 15 is 0 Å². The van der Waals surface area contributed by atoms with Crippen molar-refractivity contribution in [2.75, 3.05) is 6.61 Å². The zero-order valence-corrected chi connectivity index (χ0v) is 9.52. The molecule has 72 valence electrons. The minimum Gasteiger partial charge on any atom is -0.462 e. The van der Waals surface area contributed by atoms with Gasteiger partial charge in [0.25, 0.3) is 0 Å². The zero-order chi connectivity index (χ0) is 10.0. The van der Waals surface area contributed by atoms with Gasteiger partial charge in [-0.1, -0.05) is 23.2 Å². The van der Waals surface area contributed by atoms with E-state index in [9.17, 15) is 4.79 Å². The Morgan fingerprint density at radius 2 is 2.15 bits per heavy atom. The SMILES string of the molecule is CCOC(=O)c1sc(Cl)c(C)c1Cl. The van der Waals surface area contributed by atoms with Crippen molar-refractivity contribution in [3.63, 3.8) is 0 Å². The number of esters is 1. The number of ether oxygens (including phenoxy) is 1. The maximum absolute atomic E-state index is 11.3. The maximum atomic E-state index is 11.3. The lowest BCUT2D eigenvalue weighted by molar-refractivity contribution is 0.0532. The smallest absolute Gasteiger partial charge is 0.349 e. The van der Waals surface area contributed by atoms with Crippen LogP contribution in [0.2, 0.25) is 9.36 Å². The average Bonchev–Trinajstić information content (AvgIpc) is 2.33. The summed E-state index contributed by atoms with van der Waals surface area (Å²) in [5, 5.41) is 0.397. The molecule has 1 heterocycles. The number of rotatable bonds is 2. The Hall–Kier alpha value is -0.250. The summed E-state index contributed by atoms with van der Waals surface area (Å²) in [6.45, 7) is 3.85. The van der Waals surface area contributed by atoms with Crippen LogP contribution < -0.4 is 0 Å². The largest absolute Gasteiger partial charge is 0.462 e. The van der Waals surface area contributed by atoms with Crippen molar-refractivity contribution >= 4 is 40.5 Å². The van der Waals surface area contributed by atoms with E-state index in [0.29, 0.717) is 20.8 Å². The minimum atomic E-state index is -0.410. The standard InChI is InChI=1S/C8H8Cl2O2S/c1-3-12-8(11)6-5(9)4(2)7(10)13-6/h3H2,1-2H3. The summed E-state index contributed by atoms with van der Waals surface area (Å²) in [5.41, 5.74) is 0.733. The first-order chi connectivity index (χ1) is 6.07. The fourth-order valence-electron chi connectivity index (χ4n) is 0.795. The van der Waals surface area contributed by atoms with Crippen LogP contribution in [-0.2, 0) is 4.74 Å². The van der Waals surface area contributed by atoms with Gasteiger partial charge >= 0.3 is 5.97 Å². The molecule has 0 aromatic carbocycles. The molecular weight excluding hydrogens is 231 g/mol. The highest BCUT2D eigenvalue weighted by molar-refractivity contribution is 7.18. The number of halogens is 2. The molecule has 13 heavy (non-hydrogen) atoms. The Balaban J connectivity index is 3.01. The Kier molecular flexibility index (Phi) is 3.59. The topological polar surface area (TPSA) is 26.3 Å². The van der Waals surface area contributed by atoms with E-state index in [4.69, 9.17) is 27.9 Å². The second kappa shape index (κ2) is 4.31. The first-order valence-corrected chi connectivity index (χ1v) is 5.26. The van der Waals surface area contributed by atoms with Gasteiger partial charge in [0.05, 0.1) is 16.0 Å². The number of carbonyl (C=O) groups excluding carboxylic acids is 1. The highest BCUT2D eigenvalue weighted by Gasteiger charge is 2.18. The average molecular weight is 239 g/mol. The molecule has 0 aliphatic carbocycles. The molecule has 0 fully saturated rings. The lowest BCUT2D eigenvalue weighted by Gasteiger charge is -1.98. The molecule has 0 radical (unpaired) electrons. The predicted octanol–water partition coefficient (Wildman–Crippen LogP) is 3.54. The van der Waals surface area contributed by atoms with Crippen LogP contribution in [0.4, 0.5) is 0 Å². The van der Waals surface area contributed by atoms with Gasteiger partial charge in [0.2, 0.25) is 0 Å². The van der Waals surface area contributed by atoms with Crippen molar-refractivity contribution in [3.05, 3.63) is 19.8 Å². The van der Waals surface area contributed by atoms with Crippen LogP contribution in [0, 0.1) is 6.92 Å². The molecule has 0 saturated heterocycles. The fourth-order valence-corrected chi connectivity index (χ4v) is 2.33. The van der Waals surface area contributed by atoms with Crippen LogP contribution in [0.1, 0.15) is 22.2 Å². The van der Waals surface area contributed by atoms with Gasteiger partial charge in [-0.25, -0.2) is 4.79 Å². The maximum Gasteiger partial charge on any atom is 0.349 e. The summed E-state index contributed by atoms with van der Waals surface area (Å²) in [6.07, 6.45) is 0. The van der Waals surface area contributed by atoms with Crippen LogP contribution in [0.25, 0.3) is 0 Å². The molecule has 0 atom stereocenters. The van der Waals surface area contributed by atoms with E-state index in [-0.39, 0.29) is 0 Å². The number of thiophene rings is 1. The molecular formula is C8H8Cl2O2S. The third kappa shape index (κ3) is 2.16. The Labute approximate surface area is 90.4 Å². The summed E-state index contributed by atoms with van der Waals surface area (Å²) in [4.78, 5) is 11.7. The van der Waals surface area contributed by atoms with E-state index in [2.05, 4.69) is 0 Å². The lowest BCUT2D eigenvalue weighted by atomic mass is 10.3. The van der Waals surface area contributed by atoms with Crippen molar-refractivity contribution in [2.45, 2.75) is 13.8 Å². The van der Waals surface area contributed by atoms with Crippen molar-refractivity contribution in [3.8, 4) is 0 Å². The summed E-state index contributed by atoms with van der Waals surface area (Å²) in [6, 6.07) is 0. The fraction of sp³-hybridized carbons (Fsp3) is 0.375. The first kappa shape index (κ1) is 10.8. The Morgan fingerprint density at radius 3 is 2.54 bits per heavy atom. The highest BCUT2D eigenvalue weighted by atomic mass is 35.5. The number of hydrogen-bond donors (Lipinski definition) is 0. The molecule has 1 aromatic rings. The summed E-state index contributed by atoms with van der Waals surface area (Å²) in [5.74, 6) is -0.410. The molecule has 0 aliphatic rings. The normalized spacial score (nSPS) is 10.2. The monoisotopic (exact) mass is 238 g/mol. The molecule has 1 aromatic heterocycles. The third-order valence-electron chi connectivity index (χ3n) is 1.48. The van der Waals surface area contributed by atoms with Gasteiger partial charge < -0.3 is 4.74 Å². The molecule has 0 spiro atoms. The molecule has 0 aliphatic heterocycles. The van der Waals surface area contributed by atoms with E-state index < -0.39 is 5.97 Å². The molecule has 5 heteroatoms. The first-order valence-electron chi connectivity index (χ1n) is 3.69. The second-order valence-corrected chi connectivity index (χ2v) is 4.37. The summed E-state index contributed by atoms with van der Waals surface area (Å²) >= 11 is 12.8. The van der Waals surface area contributed by atoms with Gasteiger partial charge in [-0.2, -0.15) is 0 Å². The molecule has 0 N–H and O–H groups in total. The van der Waals surface area contributed by atoms with Gasteiger partial charge in [-0.15, -0.1) is 11.3 Å². The van der Waals surface area contributed by atoms with Crippen LogP contribution in [-0.4, -0.2) is 12.6 Å². The molecule has 0 saturated carbocycles. The van der Waals surface area contributed by atoms with Crippen LogP contribution >= 0.6 is 34.5 Å². The summed E-state index contributed by atoms with van der Waals surface area (Å²) < 4.78 is 5.34. The van der Waals surface area contributed by atoms with Gasteiger partial charge in [-0.3, -0.25) is 0 Å². The zero-order valence-electron chi connectivity index (χ0n) is 7.19. The van der Waals surface area contributed by atoms with Crippen molar-refractivity contribution in [2.24, 2.45) is 0 Å². The highest BCUT2D eigenvalue weighted by Crippen LogP contribution is 2.36. The second-order valence-electron chi connectivity index (χ2n) is 2.36. The minimum absolute atomic E-state index is 0.337. The van der Waals surface area contributed by atoms with E-state index in [1.807, 2.05) is 0 Å². The van der Waals surface area contributed by atoms with Gasteiger partial charge in [0.1, 0.15) is 4.88 Å². The molecule has 0 bridgehead atoms. The predicted molar refractivity (Wildman–Crippen MR) is 55.0 cm³/mol. The van der Waals surface area contributed by atoms with Gasteiger partial charge in [0, 0.05) is 0 Å². The van der Waals surface area contributed by atoms with Crippen molar-refractivity contribution in [1.29, 1.82) is 0 Å².